The van der Waals surface area contributed by atoms with Gasteiger partial charge in [-0.2, -0.15) is 5.10 Å². The Balaban J connectivity index is 1.75. The highest BCUT2D eigenvalue weighted by Gasteiger charge is 2.39. The van der Waals surface area contributed by atoms with Crippen molar-refractivity contribution in [2.24, 2.45) is 0 Å². The molecule has 1 N–H and O–H groups in total. The van der Waals surface area contributed by atoms with E-state index in [1.165, 1.54) is 12.8 Å². The molecule has 5 nitrogen and oxygen atoms in total. The zero-order valence-electron chi connectivity index (χ0n) is 13.0. The molecule has 2 aliphatic rings. The van der Waals surface area contributed by atoms with Crippen molar-refractivity contribution in [2.45, 2.75) is 70.1 Å². The zero-order chi connectivity index (χ0) is 15.0. The molecule has 1 amide bonds. The summed E-state index contributed by atoms with van der Waals surface area (Å²) in [4.78, 5) is 14.5. The number of amides is 1. The second kappa shape index (κ2) is 5.44. The van der Waals surface area contributed by atoms with E-state index >= 15 is 0 Å². The van der Waals surface area contributed by atoms with Crippen molar-refractivity contribution in [1.29, 1.82) is 0 Å². The molecule has 1 atom stereocenters. The van der Waals surface area contributed by atoms with E-state index < -0.39 is 5.60 Å². The van der Waals surface area contributed by atoms with E-state index in [-0.39, 0.29) is 11.9 Å². The first-order valence-corrected chi connectivity index (χ1v) is 8.05. The number of carbonyl (C=O) groups is 1. The molecule has 0 bridgehead atoms. The maximum Gasteiger partial charge on any atom is 0.274 e. The molecule has 1 aromatic heterocycles. The minimum atomic E-state index is -0.861. The predicted molar refractivity (Wildman–Crippen MR) is 80.1 cm³/mol. The number of aliphatic hydroxyl groups is 1. The Bertz CT molecular complexity index is 512. The first kappa shape index (κ1) is 14.6. The third kappa shape index (κ3) is 2.84. The van der Waals surface area contributed by atoms with Crippen molar-refractivity contribution in [3.8, 4) is 0 Å². The second-order valence-electron chi connectivity index (χ2n) is 6.93. The Kier molecular flexibility index (Phi) is 3.78. The van der Waals surface area contributed by atoms with Crippen LogP contribution in [0.15, 0.2) is 12.3 Å². The average Bonchev–Trinajstić information content (AvgIpc) is 3.16. The van der Waals surface area contributed by atoms with Gasteiger partial charge >= 0.3 is 0 Å². The first-order valence-electron chi connectivity index (χ1n) is 8.05. The third-order valence-electron chi connectivity index (χ3n) is 4.86. The number of nitrogens with zero attached hydrogens (tertiary/aromatic N) is 3. The molecule has 1 saturated heterocycles. The molecule has 1 saturated carbocycles. The number of carbonyl (C=O) groups excluding carboxylic acids is 1. The molecule has 1 aliphatic heterocycles. The molecule has 3 rings (SSSR count). The minimum absolute atomic E-state index is 0.0450. The highest BCUT2D eigenvalue weighted by Crippen LogP contribution is 2.30. The summed E-state index contributed by atoms with van der Waals surface area (Å²) in [6, 6.07) is 2.16. The monoisotopic (exact) mass is 291 g/mol. The lowest BCUT2D eigenvalue weighted by Gasteiger charge is -2.33. The summed E-state index contributed by atoms with van der Waals surface area (Å²) in [6.45, 7) is 4.27. The Morgan fingerprint density at radius 2 is 2.00 bits per heavy atom. The van der Waals surface area contributed by atoms with Gasteiger partial charge in [-0.05, 0) is 45.6 Å². The fourth-order valence-corrected chi connectivity index (χ4v) is 3.72. The maximum atomic E-state index is 12.7. The average molecular weight is 291 g/mol. The summed E-state index contributed by atoms with van der Waals surface area (Å²) in [6.07, 6.45) is 8.55. The summed E-state index contributed by atoms with van der Waals surface area (Å²) in [5.74, 6) is -0.0450. The number of aromatic nitrogens is 2. The van der Waals surface area contributed by atoms with Crippen LogP contribution < -0.4 is 0 Å². The summed E-state index contributed by atoms with van der Waals surface area (Å²) in [5.41, 5.74) is -0.349. The van der Waals surface area contributed by atoms with E-state index in [1.807, 2.05) is 16.9 Å². The largest absolute Gasteiger partial charge is 0.388 e. The van der Waals surface area contributed by atoms with Crippen LogP contribution in [0.3, 0.4) is 0 Å². The molecule has 2 heterocycles. The van der Waals surface area contributed by atoms with Gasteiger partial charge in [-0.1, -0.05) is 12.8 Å². The van der Waals surface area contributed by atoms with E-state index in [0.717, 1.165) is 25.7 Å². The van der Waals surface area contributed by atoms with Crippen molar-refractivity contribution in [3.63, 3.8) is 0 Å². The van der Waals surface area contributed by atoms with Gasteiger partial charge in [0.1, 0.15) is 5.69 Å². The van der Waals surface area contributed by atoms with Gasteiger partial charge in [0.25, 0.3) is 5.91 Å². The molecular weight excluding hydrogens is 266 g/mol. The quantitative estimate of drug-likeness (QED) is 0.930. The van der Waals surface area contributed by atoms with Crippen LogP contribution >= 0.6 is 0 Å². The van der Waals surface area contributed by atoms with Crippen LogP contribution in [0, 0.1) is 0 Å². The molecule has 0 radical (unpaired) electrons. The molecule has 1 aromatic rings. The number of hydrogen-bond donors (Lipinski definition) is 1. The fraction of sp³-hybridized carbons (Fsp3) is 0.750. The first-order chi connectivity index (χ1) is 9.97. The van der Waals surface area contributed by atoms with E-state index in [9.17, 15) is 9.90 Å². The minimum Gasteiger partial charge on any atom is -0.388 e. The van der Waals surface area contributed by atoms with Crippen LogP contribution in [-0.2, 0) is 0 Å². The van der Waals surface area contributed by atoms with Gasteiger partial charge in [0, 0.05) is 12.7 Å². The van der Waals surface area contributed by atoms with E-state index in [1.54, 1.807) is 18.7 Å². The smallest absolute Gasteiger partial charge is 0.274 e. The second-order valence-corrected chi connectivity index (χ2v) is 6.93. The summed E-state index contributed by atoms with van der Waals surface area (Å²) in [5, 5.41) is 14.7. The van der Waals surface area contributed by atoms with Crippen LogP contribution in [0.25, 0.3) is 0 Å². The van der Waals surface area contributed by atoms with Gasteiger partial charge in [0.2, 0.25) is 0 Å². The fourth-order valence-electron chi connectivity index (χ4n) is 3.72. The molecule has 0 spiro atoms. The molecule has 5 heteroatoms. The summed E-state index contributed by atoms with van der Waals surface area (Å²) in [7, 11) is 0. The Morgan fingerprint density at radius 3 is 2.67 bits per heavy atom. The van der Waals surface area contributed by atoms with Gasteiger partial charge in [0.15, 0.2) is 0 Å². The van der Waals surface area contributed by atoms with Crippen LogP contribution in [0.1, 0.15) is 68.9 Å². The van der Waals surface area contributed by atoms with Crippen LogP contribution in [-0.4, -0.2) is 43.9 Å². The lowest BCUT2D eigenvalue weighted by Crippen LogP contribution is -2.48. The van der Waals surface area contributed by atoms with Crippen molar-refractivity contribution in [1.82, 2.24) is 14.7 Å². The van der Waals surface area contributed by atoms with Gasteiger partial charge in [0.05, 0.1) is 17.7 Å². The third-order valence-corrected chi connectivity index (χ3v) is 4.86. The Labute approximate surface area is 125 Å². The number of hydrogen-bond acceptors (Lipinski definition) is 3. The maximum absolute atomic E-state index is 12.7. The van der Waals surface area contributed by atoms with Gasteiger partial charge in [-0.3, -0.25) is 9.48 Å². The Morgan fingerprint density at radius 1 is 1.29 bits per heavy atom. The molecule has 1 aliphatic carbocycles. The summed E-state index contributed by atoms with van der Waals surface area (Å²) >= 11 is 0. The van der Waals surface area contributed by atoms with E-state index in [2.05, 4.69) is 5.10 Å². The van der Waals surface area contributed by atoms with Crippen LogP contribution in [0.2, 0.25) is 0 Å². The van der Waals surface area contributed by atoms with Crippen molar-refractivity contribution in [3.05, 3.63) is 18.0 Å². The van der Waals surface area contributed by atoms with Gasteiger partial charge in [-0.25, -0.2) is 0 Å². The molecule has 21 heavy (non-hydrogen) atoms. The molecule has 116 valence electrons. The van der Waals surface area contributed by atoms with Crippen molar-refractivity contribution < 1.29 is 9.90 Å². The van der Waals surface area contributed by atoms with Gasteiger partial charge < -0.3 is 10.0 Å². The molecular formula is C16H25N3O2. The van der Waals surface area contributed by atoms with Crippen molar-refractivity contribution >= 4 is 5.91 Å². The SMILES string of the molecule is CC(C)(O)C1CCCN1C(=O)c1ccn(C2CCCC2)n1. The van der Waals surface area contributed by atoms with E-state index in [0.29, 0.717) is 18.3 Å². The van der Waals surface area contributed by atoms with Crippen molar-refractivity contribution in [2.75, 3.05) is 6.54 Å². The van der Waals surface area contributed by atoms with E-state index in [4.69, 9.17) is 0 Å². The summed E-state index contributed by atoms with van der Waals surface area (Å²) < 4.78 is 1.95. The highest BCUT2D eigenvalue weighted by atomic mass is 16.3. The van der Waals surface area contributed by atoms with Crippen LogP contribution in [0.5, 0.6) is 0 Å². The van der Waals surface area contributed by atoms with Crippen LogP contribution in [0.4, 0.5) is 0 Å². The number of rotatable bonds is 3. The molecule has 2 fully saturated rings. The lowest BCUT2D eigenvalue weighted by atomic mass is 9.96. The highest BCUT2D eigenvalue weighted by molar-refractivity contribution is 5.92. The number of likely N-dealkylation sites (tertiary alicyclic amines) is 1. The molecule has 0 aromatic carbocycles. The standard InChI is InChI=1S/C16H25N3O2/c1-16(2,21)14-8-5-10-18(14)15(20)13-9-11-19(17-13)12-6-3-4-7-12/h9,11-12,14,21H,3-8,10H2,1-2H3. The van der Waals surface area contributed by atoms with Gasteiger partial charge in [-0.15, -0.1) is 0 Å². The molecule has 1 unspecified atom stereocenters. The predicted octanol–water partition coefficient (Wildman–Crippen LogP) is 2.37. The zero-order valence-corrected chi connectivity index (χ0v) is 13.0. The Hall–Kier alpha value is -1.36. The lowest BCUT2D eigenvalue weighted by molar-refractivity contribution is 0.0000797. The topological polar surface area (TPSA) is 58.4 Å². The normalized spacial score (nSPS) is 24.0.